The summed E-state index contributed by atoms with van der Waals surface area (Å²) < 4.78 is 0. The molecule has 0 aliphatic heterocycles. The Labute approximate surface area is 123 Å². The van der Waals surface area contributed by atoms with Crippen LogP contribution in [0, 0.1) is 22.0 Å². The largest absolute Gasteiger partial charge is 0.326 e. The molecule has 0 bridgehead atoms. The number of amides is 1. The second kappa shape index (κ2) is 6.97. The van der Waals surface area contributed by atoms with Crippen LogP contribution in [0.25, 0.3) is 0 Å². The number of hydrogen-bond donors (Lipinski definition) is 1. The lowest BCUT2D eigenvalue weighted by molar-refractivity contribution is -0.385. The quantitative estimate of drug-likeness (QED) is 0.494. The molecule has 0 radical (unpaired) electrons. The lowest BCUT2D eigenvalue weighted by Crippen LogP contribution is -2.25. The topological polar surface area (TPSA) is 89.3 Å². The fourth-order valence-corrected chi connectivity index (χ4v) is 1.92. The van der Waals surface area contributed by atoms with Gasteiger partial charge in [-0.3, -0.25) is 19.7 Å². The highest BCUT2D eigenvalue weighted by atomic mass is 16.6. The number of anilines is 1. The second-order valence-corrected chi connectivity index (χ2v) is 5.21. The Balaban J connectivity index is 3.00. The molecule has 0 aliphatic rings. The van der Waals surface area contributed by atoms with Crippen LogP contribution in [0.5, 0.6) is 0 Å². The van der Waals surface area contributed by atoms with E-state index in [1.54, 1.807) is 0 Å². The Morgan fingerprint density at radius 3 is 2.43 bits per heavy atom. The number of nitro groups is 1. The molecular formula is C15H20N2O4. The van der Waals surface area contributed by atoms with Gasteiger partial charge in [-0.05, 0) is 25.0 Å². The maximum Gasteiger partial charge on any atom is 0.280 e. The zero-order valence-corrected chi connectivity index (χ0v) is 12.7. The minimum Gasteiger partial charge on any atom is -0.326 e. The van der Waals surface area contributed by atoms with Gasteiger partial charge >= 0.3 is 0 Å². The number of carbonyl (C=O) groups excluding carboxylic acids is 2. The maximum absolute atomic E-state index is 12.1. The third-order valence-electron chi connectivity index (χ3n) is 3.75. The van der Waals surface area contributed by atoms with E-state index in [4.69, 9.17) is 0 Å². The molecule has 0 aliphatic carbocycles. The van der Waals surface area contributed by atoms with Gasteiger partial charge in [0.25, 0.3) is 5.69 Å². The van der Waals surface area contributed by atoms with Gasteiger partial charge in [-0.15, -0.1) is 0 Å². The van der Waals surface area contributed by atoms with Crippen molar-refractivity contribution in [2.45, 2.75) is 34.1 Å². The Morgan fingerprint density at radius 1 is 1.33 bits per heavy atom. The zero-order chi connectivity index (χ0) is 16.2. The summed E-state index contributed by atoms with van der Waals surface area (Å²) in [5, 5.41) is 13.6. The van der Waals surface area contributed by atoms with Crippen LogP contribution >= 0.6 is 0 Å². The average Bonchev–Trinajstić information content (AvgIpc) is 2.44. The minimum atomic E-state index is -0.607. The molecular weight excluding hydrogens is 272 g/mol. The van der Waals surface area contributed by atoms with Gasteiger partial charge in [-0.2, -0.15) is 0 Å². The van der Waals surface area contributed by atoms with Gasteiger partial charge in [0.05, 0.1) is 10.5 Å². The van der Waals surface area contributed by atoms with E-state index in [0.717, 1.165) is 6.42 Å². The van der Waals surface area contributed by atoms with E-state index in [-0.39, 0.29) is 29.0 Å². The fraction of sp³-hybridized carbons (Fsp3) is 0.467. The van der Waals surface area contributed by atoms with E-state index in [1.807, 2.05) is 20.8 Å². The number of Topliss-reactive ketones (excluding diaryl/α,β-unsaturated/α-hetero) is 1. The number of carbonyl (C=O) groups is 2. The van der Waals surface area contributed by atoms with Gasteiger partial charge in [0, 0.05) is 17.7 Å². The molecule has 0 fully saturated rings. The highest BCUT2D eigenvalue weighted by Crippen LogP contribution is 2.24. The molecule has 1 N–H and O–H groups in total. The molecule has 0 saturated carbocycles. The zero-order valence-electron chi connectivity index (χ0n) is 12.7. The van der Waals surface area contributed by atoms with Gasteiger partial charge in [0.2, 0.25) is 5.91 Å². The smallest absolute Gasteiger partial charge is 0.280 e. The van der Waals surface area contributed by atoms with E-state index in [0.29, 0.717) is 5.69 Å². The van der Waals surface area contributed by atoms with E-state index in [2.05, 4.69) is 5.32 Å². The van der Waals surface area contributed by atoms with Crippen molar-refractivity contribution in [2.24, 2.45) is 11.8 Å². The molecule has 1 amide bonds. The summed E-state index contributed by atoms with van der Waals surface area (Å²) in [7, 11) is 0. The van der Waals surface area contributed by atoms with Gasteiger partial charge in [-0.1, -0.05) is 27.2 Å². The van der Waals surface area contributed by atoms with Gasteiger partial charge in [0.1, 0.15) is 0 Å². The molecule has 6 heteroatoms. The molecule has 6 nitrogen and oxygen atoms in total. The van der Waals surface area contributed by atoms with E-state index in [9.17, 15) is 19.7 Å². The number of ketones is 1. The van der Waals surface area contributed by atoms with Crippen LogP contribution in [0.1, 0.15) is 44.5 Å². The number of nitro benzene ring substituents is 1. The summed E-state index contributed by atoms with van der Waals surface area (Å²) in [6, 6.07) is 4.02. The first-order chi connectivity index (χ1) is 9.77. The number of nitrogens with one attached hydrogen (secondary N) is 1. The third kappa shape index (κ3) is 4.11. The lowest BCUT2D eigenvalue weighted by atomic mass is 9.93. The van der Waals surface area contributed by atoms with Crippen molar-refractivity contribution < 1.29 is 14.5 Å². The molecule has 0 heterocycles. The van der Waals surface area contributed by atoms with Crippen molar-refractivity contribution >= 4 is 23.1 Å². The molecule has 1 aromatic carbocycles. The normalized spacial score (nSPS) is 13.3. The van der Waals surface area contributed by atoms with Gasteiger partial charge in [-0.25, -0.2) is 0 Å². The Bertz CT molecular complexity index is 569. The van der Waals surface area contributed by atoms with Crippen molar-refractivity contribution in [3.8, 4) is 0 Å². The predicted octanol–water partition coefficient (Wildman–Crippen LogP) is 3.42. The third-order valence-corrected chi connectivity index (χ3v) is 3.75. The molecule has 0 saturated heterocycles. The van der Waals surface area contributed by atoms with Crippen LogP contribution < -0.4 is 5.32 Å². The minimum absolute atomic E-state index is 0.00556. The summed E-state index contributed by atoms with van der Waals surface area (Å²) in [4.78, 5) is 33.8. The molecule has 0 spiro atoms. The Kier molecular flexibility index (Phi) is 5.58. The van der Waals surface area contributed by atoms with Crippen molar-refractivity contribution in [1.29, 1.82) is 0 Å². The van der Waals surface area contributed by atoms with Gasteiger partial charge in [0.15, 0.2) is 5.78 Å². The monoisotopic (exact) mass is 292 g/mol. The number of rotatable bonds is 6. The van der Waals surface area contributed by atoms with E-state index >= 15 is 0 Å². The molecule has 2 atom stereocenters. The standard InChI is InChI=1S/C15H20N2O4/c1-5-9(2)10(3)15(19)16-12-6-7-14(17(20)21)13(8-12)11(4)18/h6-10H,5H2,1-4H3,(H,16,19). The van der Waals surface area contributed by atoms with Crippen molar-refractivity contribution in [3.05, 3.63) is 33.9 Å². The Morgan fingerprint density at radius 2 is 1.95 bits per heavy atom. The first kappa shape index (κ1) is 16.8. The Hall–Kier alpha value is -2.24. The summed E-state index contributed by atoms with van der Waals surface area (Å²) in [6.07, 6.45) is 0.882. The number of hydrogen-bond acceptors (Lipinski definition) is 4. The van der Waals surface area contributed by atoms with Gasteiger partial charge < -0.3 is 5.32 Å². The summed E-state index contributed by atoms with van der Waals surface area (Å²) in [5.41, 5.74) is 0.135. The summed E-state index contributed by atoms with van der Waals surface area (Å²) in [6.45, 7) is 7.09. The maximum atomic E-state index is 12.1. The second-order valence-electron chi connectivity index (χ2n) is 5.21. The van der Waals surface area contributed by atoms with Crippen LogP contribution in [0.3, 0.4) is 0 Å². The molecule has 0 aromatic heterocycles. The highest BCUT2D eigenvalue weighted by Gasteiger charge is 2.21. The SMILES string of the molecule is CCC(C)C(C)C(=O)Nc1ccc([N+](=O)[O-])c(C(C)=O)c1. The van der Waals surface area contributed by atoms with Crippen LogP contribution in [-0.4, -0.2) is 16.6 Å². The first-order valence-corrected chi connectivity index (χ1v) is 6.88. The predicted molar refractivity (Wildman–Crippen MR) is 80.3 cm³/mol. The van der Waals surface area contributed by atoms with Crippen LogP contribution in [-0.2, 0) is 4.79 Å². The summed E-state index contributed by atoms with van der Waals surface area (Å²) >= 11 is 0. The van der Waals surface area contributed by atoms with Crippen LogP contribution in [0.15, 0.2) is 18.2 Å². The average molecular weight is 292 g/mol. The lowest BCUT2D eigenvalue weighted by Gasteiger charge is -2.17. The first-order valence-electron chi connectivity index (χ1n) is 6.88. The van der Waals surface area contributed by atoms with Crippen LogP contribution in [0.2, 0.25) is 0 Å². The van der Waals surface area contributed by atoms with E-state index < -0.39 is 10.7 Å². The van der Waals surface area contributed by atoms with E-state index in [1.165, 1.54) is 25.1 Å². The number of nitrogens with zero attached hydrogens (tertiary/aromatic N) is 1. The van der Waals surface area contributed by atoms with Crippen molar-refractivity contribution in [1.82, 2.24) is 0 Å². The fourth-order valence-electron chi connectivity index (χ4n) is 1.92. The molecule has 1 aromatic rings. The highest BCUT2D eigenvalue weighted by molar-refractivity contribution is 6.00. The van der Waals surface area contributed by atoms with Crippen molar-refractivity contribution in [3.63, 3.8) is 0 Å². The molecule has 1 rings (SSSR count). The van der Waals surface area contributed by atoms with Crippen LogP contribution in [0.4, 0.5) is 11.4 Å². The number of benzene rings is 1. The molecule has 114 valence electrons. The van der Waals surface area contributed by atoms with Crippen molar-refractivity contribution in [2.75, 3.05) is 5.32 Å². The summed E-state index contributed by atoms with van der Waals surface area (Å²) in [5.74, 6) is -0.512. The molecule has 21 heavy (non-hydrogen) atoms. The molecule has 2 unspecified atom stereocenters.